The average molecular weight is 157 g/mol. The lowest BCUT2D eigenvalue weighted by molar-refractivity contribution is 1.08. The lowest BCUT2D eigenvalue weighted by Crippen LogP contribution is -1.88. The molecule has 0 unspecified atom stereocenters. The molecule has 0 aliphatic rings. The van der Waals surface area contributed by atoms with Gasteiger partial charge in [-0.15, -0.1) is 0 Å². The third kappa shape index (κ3) is 1.26. The molecule has 0 saturated carbocycles. The van der Waals surface area contributed by atoms with Crippen molar-refractivity contribution in [2.45, 2.75) is 6.92 Å². The molecule has 0 aliphatic carbocycles. The van der Waals surface area contributed by atoms with Gasteiger partial charge in [0.05, 0.1) is 0 Å². The quantitative estimate of drug-likeness (QED) is 0.600. The highest BCUT2D eigenvalue weighted by Crippen LogP contribution is 2.09. The Morgan fingerprint density at radius 3 is 2.42 bits per heavy atom. The van der Waals surface area contributed by atoms with Crippen molar-refractivity contribution in [3.8, 4) is 5.69 Å². The van der Waals surface area contributed by atoms with E-state index >= 15 is 0 Å². The summed E-state index contributed by atoms with van der Waals surface area (Å²) < 4.78 is 2.10. The lowest BCUT2D eigenvalue weighted by atomic mass is 10.2. The van der Waals surface area contributed by atoms with Crippen molar-refractivity contribution >= 4 is 0 Å². The van der Waals surface area contributed by atoms with Crippen LogP contribution in [0.5, 0.6) is 0 Å². The highest BCUT2D eigenvalue weighted by molar-refractivity contribution is 5.35. The summed E-state index contributed by atoms with van der Waals surface area (Å²) in [6.07, 6.45) is 4.10. The van der Waals surface area contributed by atoms with Gasteiger partial charge in [0.1, 0.15) is 0 Å². The van der Waals surface area contributed by atoms with Crippen molar-refractivity contribution in [3.63, 3.8) is 0 Å². The SMILES string of the molecule is Cc1cccc(-n2cccc2)c1. The summed E-state index contributed by atoms with van der Waals surface area (Å²) in [5.41, 5.74) is 2.52. The topological polar surface area (TPSA) is 4.93 Å². The summed E-state index contributed by atoms with van der Waals surface area (Å²) in [4.78, 5) is 0. The summed E-state index contributed by atoms with van der Waals surface area (Å²) in [5.74, 6) is 0. The van der Waals surface area contributed by atoms with Gasteiger partial charge in [0, 0.05) is 18.1 Å². The first-order valence-corrected chi connectivity index (χ1v) is 4.06. The number of aromatic nitrogens is 1. The molecule has 2 aromatic rings. The molecule has 0 spiro atoms. The van der Waals surface area contributed by atoms with Gasteiger partial charge in [-0.05, 0) is 36.8 Å². The minimum Gasteiger partial charge on any atom is -0.324 e. The molecule has 0 aliphatic heterocycles. The third-order valence-corrected chi connectivity index (χ3v) is 1.90. The van der Waals surface area contributed by atoms with Crippen LogP contribution in [-0.4, -0.2) is 4.57 Å². The maximum Gasteiger partial charge on any atom is 0.0451 e. The molecule has 0 radical (unpaired) electrons. The predicted molar refractivity (Wildman–Crippen MR) is 50.5 cm³/mol. The molecule has 0 bridgehead atoms. The zero-order chi connectivity index (χ0) is 8.39. The summed E-state index contributed by atoms with van der Waals surface area (Å²) in [6.45, 7) is 2.10. The molecule has 1 heterocycles. The number of aryl methyl sites for hydroxylation is 1. The Labute approximate surface area is 72.3 Å². The van der Waals surface area contributed by atoms with Crippen LogP contribution in [0.1, 0.15) is 5.56 Å². The molecule has 1 nitrogen and oxygen atoms in total. The van der Waals surface area contributed by atoms with Crippen LogP contribution in [0.25, 0.3) is 5.69 Å². The van der Waals surface area contributed by atoms with Gasteiger partial charge in [-0.3, -0.25) is 0 Å². The van der Waals surface area contributed by atoms with Crippen LogP contribution >= 0.6 is 0 Å². The lowest BCUT2D eigenvalue weighted by Gasteiger charge is -2.02. The van der Waals surface area contributed by atoms with Crippen molar-refractivity contribution in [2.24, 2.45) is 0 Å². The number of benzene rings is 1. The van der Waals surface area contributed by atoms with Gasteiger partial charge in [0.15, 0.2) is 0 Å². The Balaban J connectivity index is 2.48. The Bertz CT molecular complexity index is 360. The van der Waals surface area contributed by atoms with E-state index in [1.54, 1.807) is 0 Å². The zero-order valence-electron chi connectivity index (χ0n) is 7.07. The van der Waals surface area contributed by atoms with E-state index in [1.165, 1.54) is 11.3 Å². The molecular formula is C11H11N. The second kappa shape index (κ2) is 2.86. The molecule has 2 rings (SSSR count). The van der Waals surface area contributed by atoms with Crippen LogP contribution < -0.4 is 0 Å². The molecule has 12 heavy (non-hydrogen) atoms. The standard InChI is InChI=1S/C11H11N/c1-10-5-4-6-11(9-10)12-7-2-3-8-12/h2-9H,1H3. The van der Waals surface area contributed by atoms with E-state index in [0.717, 1.165) is 0 Å². The maximum absolute atomic E-state index is 2.17. The molecule has 60 valence electrons. The fraction of sp³-hybridized carbons (Fsp3) is 0.0909. The molecular weight excluding hydrogens is 146 g/mol. The van der Waals surface area contributed by atoms with Gasteiger partial charge in [-0.2, -0.15) is 0 Å². The molecule has 1 heteroatoms. The first kappa shape index (κ1) is 7.17. The Morgan fingerprint density at radius 2 is 1.75 bits per heavy atom. The van der Waals surface area contributed by atoms with Crippen LogP contribution in [0, 0.1) is 6.92 Å². The minimum absolute atomic E-state index is 1.22. The monoisotopic (exact) mass is 157 g/mol. The first-order chi connectivity index (χ1) is 5.86. The number of nitrogens with zero attached hydrogens (tertiary/aromatic N) is 1. The van der Waals surface area contributed by atoms with E-state index in [0.29, 0.717) is 0 Å². The Hall–Kier alpha value is -1.50. The van der Waals surface area contributed by atoms with Crippen molar-refractivity contribution in [1.82, 2.24) is 4.57 Å². The molecule has 1 aromatic heterocycles. The van der Waals surface area contributed by atoms with Gasteiger partial charge in [-0.1, -0.05) is 12.1 Å². The van der Waals surface area contributed by atoms with Gasteiger partial charge in [-0.25, -0.2) is 0 Å². The van der Waals surface area contributed by atoms with Crippen LogP contribution in [0.15, 0.2) is 48.8 Å². The van der Waals surface area contributed by atoms with Crippen LogP contribution in [0.4, 0.5) is 0 Å². The van der Waals surface area contributed by atoms with E-state index < -0.39 is 0 Å². The van der Waals surface area contributed by atoms with E-state index in [-0.39, 0.29) is 0 Å². The average Bonchev–Trinajstić information content (AvgIpc) is 2.56. The Kier molecular flexibility index (Phi) is 1.71. The van der Waals surface area contributed by atoms with Crippen LogP contribution in [0.2, 0.25) is 0 Å². The highest BCUT2D eigenvalue weighted by Gasteiger charge is 1.92. The van der Waals surface area contributed by atoms with Gasteiger partial charge < -0.3 is 4.57 Å². The smallest absolute Gasteiger partial charge is 0.0451 e. The van der Waals surface area contributed by atoms with E-state index in [1.807, 2.05) is 12.1 Å². The molecule has 0 N–H and O–H groups in total. The van der Waals surface area contributed by atoms with Gasteiger partial charge in [0.25, 0.3) is 0 Å². The van der Waals surface area contributed by atoms with E-state index in [2.05, 4.69) is 48.1 Å². The van der Waals surface area contributed by atoms with Gasteiger partial charge in [0.2, 0.25) is 0 Å². The zero-order valence-corrected chi connectivity index (χ0v) is 7.07. The number of hydrogen-bond donors (Lipinski definition) is 0. The maximum atomic E-state index is 2.17. The second-order valence-corrected chi connectivity index (χ2v) is 2.93. The fourth-order valence-electron chi connectivity index (χ4n) is 1.30. The molecule has 0 fully saturated rings. The molecule has 0 saturated heterocycles. The van der Waals surface area contributed by atoms with Crippen molar-refractivity contribution in [1.29, 1.82) is 0 Å². The van der Waals surface area contributed by atoms with Crippen molar-refractivity contribution in [2.75, 3.05) is 0 Å². The molecule has 0 atom stereocenters. The van der Waals surface area contributed by atoms with Crippen molar-refractivity contribution < 1.29 is 0 Å². The van der Waals surface area contributed by atoms with Crippen molar-refractivity contribution in [3.05, 3.63) is 54.4 Å². The van der Waals surface area contributed by atoms with Crippen LogP contribution in [0.3, 0.4) is 0 Å². The number of rotatable bonds is 1. The van der Waals surface area contributed by atoms with Gasteiger partial charge >= 0.3 is 0 Å². The summed E-state index contributed by atoms with van der Waals surface area (Å²) >= 11 is 0. The van der Waals surface area contributed by atoms with E-state index in [4.69, 9.17) is 0 Å². The molecule has 0 amide bonds. The normalized spacial score (nSPS) is 10.1. The van der Waals surface area contributed by atoms with Crippen LogP contribution in [-0.2, 0) is 0 Å². The predicted octanol–water partition coefficient (Wildman–Crippen LogP) is 2.79. The molecule has 1 aromatic carbocycles. The third-order valence-electron chi connectivity index (χ3n) is 1.90. The number of hydrogen-bond acceptors (Lipinski definition) is 0. The summed E-state index contributed by atoms with van der Waals surface area (Å²) in [6, 6.07) is 12.5. The fourth-order valence-corrected chi connectivity index (χ4v) is 1.30. The largest absolute Gasteiger partial charge is 0.324 e. The summed E-state index contributed by atoms with van der Waals surface area (Å²) in [5, 5.41) is 0. The minimum atomic E-state index is 1.22. The van der Waals surface area contributed by atoms with E-state index in [9.17, 15) is 0 Å². The second-order valence-electron chi connectivity index (χ2n) is 2.93. The Morgan fingerprint density at radius 1 is 1.00 bits per heavy atom. The highest BCUT2D eigenvalue weighted by atomic mass is 14.9. The summed E-state index contributed by atoms with van der Waals surface area (Å²) in [7, 11) is 0. The first-order valence-electron chi connectivity index (χ1n) is 4.06.